The van der Waals surface area contributed by atoms with E-state index in [1.165, 1.54) is 12.1 Å². The molecular weight excluding hydrogens is 411 g/mol. The quantitative estimate of drug-likeness (QED) is 0.482. The highest BCUT2D eigenvalue weighted by molar-refractivity contribution is 6.31. The zero-order valence-electron chi connectivity index (χ0n) is 17.7. The normalized spacial score (nSPS) is 16.9. The molecule has 1 aliphatic carbocycles. The predicted octanol–water partition coefficient (Wildman–Crippen LogP) is 6.31. The van der Waals surface area contributed by atoms with Gasteiger partial charge in [0.25, 0.3) is 5.91 Å². The first-order valence-electron chi connectivity index (χ1n) is 10.7. The summed E-state index contributed by atoms with van der Waals surface area (Å²) in [4.78, 5) is 20.3. The van der Waals surface area contributed by atoms with E-state index in [1.807, 2.05) is 30.2 Å². The molecule has 0 radical (unpaired) electrons. The van der Waals surface area contributed by atoms with Gasteiger partial charge in [-0.25, -0.2) is 4.39 Å². The van der Waals surface area contributed by atoms with Crippen LogP contribution in [-0.4, -0.2) is 22.3 Å². The summed E-state index contributed by atoms with van der Waals surface area (Å²) in [5, 5.41) is 0.518. The Morgan fingerprint density at radius 1 is 1.06 bits per heavy atom. The first kappa shape index (κ1) is 20.2. The third-order valence-corrected chi connectivity index (χ3v) is 6.65. The van der Waals surface area contributed by atoms with E-state index < -0.39 is 0 Å². The molecule has 0 N–H and O–H groups in total. The highest BCUT2D eigenvalue weighted by atomic mass is 35.5. The number of hydrogen-bond acceptors (Lipinski definition) is 2. The van der Waals surface area contributed by atoms with Crippen LogP contribution in [-0.2, 0) is 6.42 Å². The van der Waals surface area contributed by atoms with E-state index in [-0.39, 0.29) is 17.8 Å². The van der Waals surface area contributed by atoms with Gasteiger partial charge in [0.2, 0.25) is 0 Å². The number of rotatable bonds is 4. The number of hydrogen-bond donors (Lipinski definition) is 0. The maximum Gasteiger partial charge on any atom is 0.254 e. The molecule has 31 heavy (non-hydrogen) atoms. The van der Waals surface area contributed by atoms with E-state index in [4.69, 9.17) is 11.6 Å². The predicted molar refractivity (Wildman–Crippen MR) is 121 cm³/mol. The Kier molecular flexibility index (Phi) is 5.05. The van der Waals surface area contributed by atoms with Gasteiger partial charge in [0.05, 0.1) is 11.7 Å². The fraction of sp³-hybridized carbons (Fsp3) is 0.308. The van der Waals surface area contributed by atoms with Crippen LogP contribution in [0.25, 0.3) is 11.1 Å². The number of pyridine rings is 1. The van der Waals surface area contributed by atoms with Crippen LogP contribution in [0.4, 0.5) is 4.39 Å². The van der Waals surface area contributed by atoms with Crippen molar-refractivity contribution in [2.75, 3.05) is 6.54 Å². The monoisotopic (exact) mass is 434 g/mol. The zero-order chi connectivity index (χ0) is 21.7. The van der Waals surface area contributed by atoms with Gasteiger partial charge >= 0.3 is 0 Å². The fourth-order valence-corrected chi connectivity index (χ4v) is 5.03. The second kappa shape index (κ2) is 7.76. The second-order valence-electron chi connectivity index (χ2n) is 8.73. The lowest BCUT2D eigenvalue weighted by Gasteiger charge is -2.36. The van der Waals surface area contributed by atoms with Crippen molar-refractivity contribution in [3.8, 4) is 11.1 Å². The topological polar surface area (TPSA) is 33.2 Å². The van der Waals surface area contributed by atoms with Crippen molar-refractivity contribution in [2.45, 2.75) is 39.2 Å². The zero-order valence-corrected chi connectivity index (χ0v) is 18.4. The Morgan fingerprint density at radius 3 is 2.55 bits per heavy atom. The Balaban J connectivity index is 1.58. The summed E-state index contributed by atoms with van der Waals surface area (Å²) >= 11 is 6.46. The highest BCUT2D eigenvalue weighted by Crippen LogP contribution is 2.46. The van der Waals surface area contributed by atoms with E-state index in [1.54, 1.807) is 12.1 Å². The molecule has 1 amide bonds. The maximum absolute atomic E-state index is 13.7. The van der Waals surface area contributed by atoms with E-state index in [0.717, 1.165) is 52.8 Å². The lowest BCUT2D eigenvalue weighted by atomic mass is 9.87. The summed E-state index contributed by atoms with van der Waals surface area (Å²) in [6.07, 6.45) is 4.80. The molecule has 0 saturated heterocycles. The second-order valence-corrected chi connectivity index (χ2v) is 9.16. The van der Waals surface area contributed by atoms with Crippen LogP contribution in [0.5, 0.6) is 0 Å². The standard InChI is InChI=1S/C26H24ClFN2O/c1-15-7-9-29-24(11-15)25(17-3-4-17)30-10-8-21-22(13-18(27)14-23(21)26(30)31)20-6-5-19(28)12-16(20)2/h5-7,9,11-14,17,25H,3-4,8,10H2,1-2H3. The van der Waals surface area contributed by atoms with Crippen molar-refractivity contribution in [1.82, 2.24) is 9.88 Å². The molecule has 0 bridgehead atoms. The van der Waals surface area contributed by atoms with Crippen molar-refractivity contribution in [3.63, 3.8) is 0 Å². The number of fused-ring (bicyclic) bond motifs is 1. The molecule has 1 aromatic heterocycles. The fourth-order valence-electron chi connectivity index (χ4n) is 4.81. The molecule has 2 aromatic carbocycles. The lowest BCUT2D eigenvalue weighted by Crippen LogP contribution is -2.41. The molecule has 0 spiro atoms. The van der Waals surface area contributed by atoms with Gasteiger partial charge in [-0.05, 0) is 103 Å². The number of amides is 1. The minimum Gasteiger partial charge on any atom is -0.329 e. The molecular formula is C26H24ClFN2O. The number of aryl methyl sites for hydroxylation is 2. The third kappa shape index (κ3) is 3.74. The van der Waals surface area contributed by atoms with Gasteiger partial charge in [0.15, 0.2) is 0 Å². The number of carbonyl (C=O) groups excluding carboxylic acids is 1. The summed E-state index contributed by atoms with van der Waals surface area (Å²) < 4.78 is 13.7. The summed E-state index contributed by atoms with van der Waals surface area (Å²) in [5.41, 5.74) is 6.43. The van der Waals surface area contributed by atoms with Crippen molar-refractivity contribution in [2.24, 2.45) is 5.92 Å². The largest absolute Gasteiger partial charge is 0.329 e. The van der Waals surface area contributed by atoms with Crippen LogP contribution in [0.3, 0.4) is 0 Å². The number of carbonyl (C=O) groups is 1. The Bertz CT molecular complexity index is 1190. The molecule has 1 atom stereocenters. The molecule has 3 nitrogen and oxygen atoms in total. The number of aromatic nitrogens is 1. The minimum atomic E-state index is -0.266. The average Bonchev–Trinajstić information content (AvgIpc) is 3.55. The summed E-state index contributed by atoms with van der Waals surface area (Å²) in [7, 11) is 0. The molecule has 5 rings (SSSR count). The van der Waals surface area contributed by atoms with Gasteiger partial charge in [-0.3, -0.25) is 9.78 Å². The molecule has 1 saturated carbocycles. The van der Waals surface area contributed by atoms with Crippen molar-refractivity contribution >= 4 is 17.5 Å². The van der Waals surface area contributed by atoms with Crippen molar-refractivity contribution in [1.29, 1.82) is 0 Å². The Morgan fingerprint density at radius 2 is 1.84 bits per heavy atom. The Labute approximate surface area is 186 Å². The lowest BCUT2D eigenvalue weighted by molar-refractivity contribution is 0.0628. The smallest absolute Gasteiger partial charge is 0.254 e. The van der Waals surface area contributed by atoms with Gasteiger partial charge < -0.3 is 4.90 Å². The van der Waals surface area contributed by atoms with Crippen LogP contribution in [0.1, 0.15) is 51.6 Å². The van der Waals surface area contributed by atoms with Gasteiger partial charge in [-0.15, -0.1) is 0 Å². The van der Waals surface area contributed by atoms with Crippen LogP contribution in [0.15, 0.2) is 48.7 Å². The molecule has 3 aromatic rings. The highest BCUT2D eigenvalue weighted by Gasteiger charge is 2.41. The third-order valence-electron chi connectivity index (χ3n) is 6.43. The SMILES string of the molecule is Cc1ccnc(C(C2CC2)N2CCc3c(cc(Cl)cc3-c3ccc(F)cc3C)C2=O)c1. The maximum atomic E-state index is 13.7. The van der Waals surface area contributed by atoms with Gasteiger partial charge in [-0.1, -0.05) is 17.7 Å². The summed E-state index contributed by atoms with van der Waals surface area (Å²) in [5.74, 6) is 0.195. The molecule has 2 aliphatic rings. The first-order chi connectivity index (χ1) is 14.9. The van der Waals surface area contributed by atoms with Crippen molar-refractivity contribution < 1.29 is 9.18 Å². The number of halogens is 2. The van der Waals surface area contributed by atoms with Gasteiger partial charge in [0.1, 0.15) is 5.82 Å². The van der Waals surface area contributed by atoms with Crippen LogP contribution >= 0.6 is 11.6 Å². The first-order valence-corrected chi connectivity index (χ1v) is 11.1. The van der Waals surface area contributed by atoms with E-state index >= 15 is 0 Å². The van der Waals surface area contributed by atoms with Crippen LogP contribution < -0.4 is 0 Å². The number of nitrogens with zero attached hydrogens (tertiary/aromatic N) is 2. The van der Waals surface area contributed by atoms with E-state index in [2.05, 4.69) is 18.0 Å². The molecule has 158 valence electrons. The van der Waals surface area contributed by atoms with Gasteiger partial charge in [-0.2, -0.15) is 0 Å². The molecule has 5 heteroatoms. The van der Waals surface area contributed by atoms with Crippen LogP contribution in [0.2, 0.25) is 5.02 Å². The summed E-state index contributed by atoms with van der Waals surface area (Å²) in [6.45, 7) is 4.58. The summed E-state index contributed by atoms with van der Waals surface area (Å²) in [6, 6.07) is 12.5. The van der Waals surface area contributed by atoms with Crippen LogP contribution in [0, 0.1) is 25.6 Å². The molecule has 1 fully saturated rings. The minimum absolute atomic E-state index is 0.00413. The van der Waals surface area contributed by atoms with E-state index in [0.29, 0.717) is 23.0 Å². The number of benzene rings is 2. The Hall–Kier alpha value is -2.72. The van der Waals surface area contributed by atoms with E-state index in [9.17, 15) is 9.18 Å². The molecule has 2 heterocycles. The van der Waals surface area contributed by atoms with Crippen molar-refractivity contribution in [3.05, 3.63) is 87.4 Å². The average molecular weight is 435 g/mol. The molecule has 1 unspecified atom stereocenters. The van der Waals surface area contributed by atoms with Gasteiger partial charge in [0, 0.05) is 23.3 Å². The molecule has 1 aliphatic heterocycles.